The van der Waals surface area contributed by atoms with Crippen molar-refractivity contribution in [2.24, 2.45) is 5.73 Å². The molecular weight excluding hydrogens is 512 g/mol. The van der Waals surface area contributed by atoms with Gasteiger partial charge in [-0.2, -0.15) is 0 Å². The largest absolute Gasteiger partial charge is 0.386 e. The lowest BCUT2D eigenvalue weighted by Gasteiger charge is -2.18. The van der Waals surface area contributed by atoms with E-state index < -0.39 is 11.6 Å². The number of benzene rings is 1. The molecule has 172 valence electrons. The number of hydrogen-bond donors (Lipinski definition) is 3. The molecule has 0 spiro atoms. The van der Waals surface area contributed by atoms with E-state index in [9.17, 15) is 5.11 Å². The van der Waals surface area contributed by atoms with Crippen molar-refractivity contribution in [2.75, 3.05) is 5.73 Å². The molecule has 11 heteroatoms. The number of anilines is 1. The summed E-state index contributed by atoms with van der Waals surface area (Å²) in [6.07, 6.45) is 3.18. The number of aromatic nitrogens is 3. The fourth-order valence-corrected chi connectivity index (χ4v) is 4.54. The first-order valence-corrected chi connectivity index (χ1v) is 10.2. The third kappa shape index (κ3) is 5.61. The van der Waals surface area contributed by atoms with Crippen molar-refractivity contribution in [1.82, 2.24) is 15.0 Å². The van der Waals surface area contributed by atoms with Crippen LogP contribution in [0.15, 0.2) is 48.8 Å². The fourth-order valence-electron chi connectivity index (χ4n) is 3.14. The van der Waals surface area contributed by atoms with Gasteiger partial charge in [0.1, 0.15) is 0 Å². The van der Waals surface area contributed by atoms with Gasteiger partial charge in [0, 0.05) is 21.3 Å². The molecule has 1 aromatic carbocycles. The molecule has 4 aromatic rings. The Morgan fingerprint density at radius 1 is 1.09 bits per heavy atom. The predicted octanol–water partition coefficient (Wildman–Crippen LogP) is 5.53. The Labute approximate surface area is 213 Å². The fraction of sp³-hybridized carbons (Fsp3) is 0.190. The quantitative estimate of drug-likeness (QED) is 0.317. The maximum Gasteiger partial charge on any atom is 0.220 e. The van der Waals surface area contributed by atoms with Gasteiger partial charge in [0.15, 0.2) is 0 Å². The van der Waals surface area contributed by atoms with Gasteiger partial charge in [0.2, 0.25) is 5.95 Å². The molecule has 1 atom stereocenters. The first kappa shape index (κ1) is 28.3. The number of fused-ring (bicyclic) bond motifs is 1. The molecule has 0 bridgehead atoms. The summed E-state index contributed by atoms with van der Waals surface area (Å²) in [7, 11) is 0. The molecule has 0 fully saturated rings. The monoisotopic (exact) mass is 533 g/mol. The molecule has 4 rings (SSSR count). The Morgan fingerprint density at radius 2 is 1.81 bits per heavy atom. The van der Waals surface area contributed by atoms with Gasteiger partial charge in [0.25, 0.3) is 0 Å². The first-order chi connectivity index (χ1) is 13.7. The van der Waals surface area contributed by atoms with E-state index in [2.05, 4.69) is 15.0 Å². The number of nitrogens with zero attached hydrogens (tertiary/aromatic N) is 3. The van der Waals surface area contributed by atoms with Crippen molar-refractivity contribution < 1.29 is 5.11 Å². The summed E-state index contributed by atoms with van der Waals surface area (Å²) < 4.78 is 1.05. The average Bonchev–Trinajstić information content (AvgIpc) is 3.13. The lowest BCUT2D eigenvalue weighted by molar-refractivity contribution is 0.0785. The zero-order valence-corrected chi connectivity index (χ0v) is 21.2. The minimum absolute atomic E-state index is 0. The number of pyridine rings is 1. The number of nitrogen functional groups attached to an aromatic ring is 1. The summed E-state index contributed by atoms with van der Waals surface area (Å²) in [5.74, 6) is 0.134. The van der Waals surface area contributed by atoms with E-state index >= 15 is 0 Å². The number of rotatable bonds is 4. The van der Waals surface area contributed by atoms with E-state index in [0.717, 1.165) is 31.8 Å². The van der Waals surface area contributed by atoms with Gasteiger partial charge >= 0.3 is 0 Å². The van der Waals surface area contributed by atoms with Gasteiger partial charge in [-0.1, -0.05) is 29.8 Å². The van der Waals surface area contributed by atoms with Crippen LogP contribution >= 0.6 is 60.2 Å². The lowest BCUT2D eigenvalue weighted by atomic mass is 9.97. The second-order valence-corrected chi connectivity index (χ2v) is 8.79. The van der Waals surface area contributed by atoms with Crippen molar-refractivity contribution in [3.05, 3.63) is 69.9 Å². The molecule has 32 heavy (non-hydrogen) atoms. The Morgan fingerprint density at radius 3 is 2.50 bits per heavy atom. The lowest BCUT2D eigenvalue weighted by Crippen LogP contribution is -2.15. The van der Waals surface area contributed by atoms with Gasteiger partial charge in [0.05, 0.1) is 34.3 Å². The third-order valence-electron chi connectivity index (χ3n) is 4.70. The number of hydrogen-bond acceptors (Lipinski definition) is 7. The van der Waals surface area contributed by atoms with Crippen LogP contribution in [-0.2, 0) is 5.60 Å². The summed E-state index contributed by atoms with van der Waals surface area (Å²) >= 11 is 7.80. The van der Waals surface area contributed by atoms with E-state index in [1.165, 1.54) is 6.20 Å². The molecule has 0 saturated carbocycles. The molecule has 3 aromatic heterocycles. The Kier molecular flexibility index (Phi) is 9.68. The molecule has 1 unspecified atom stereocenters. The van der Waals surface area contributed by atoms with Crippen molar-refractivity contribution in [3.63, 3.8) is 0 Å². The van der Waals surface area contributed by atoms with Crippen LogP contribution in [0, 0.1) is 0 Å². The summed E-state index contributed by atoms with van der Waals surface area (Å²) in [6.45, 7) is 3.51. The maximum atomic E-state index is 10.3. The molecule has 0 radical (unpaired) electrons. The number of halogens is 4. The molecule has 5 N–H and O–H groups in total. The van der Waals surface area contributed by atoms with E-state index in [0.29, 0.717) is 10.7 Å². The predicted molar refractivity (Wildman–Crippen MR) is 140 cm³/mol. The highest BCUT2D eigenvalue weighted by Gasteiger charge is 2.20. The van der Waals surface area contributed by atoms with Crippen molar-refractivity contribution in [2.45, 2.75) is 25.5 Å². The van der Waals surface area contributed by atoms with E-state index in [4.69, 9.17) is 23.1 Å². The number of nitrogens with two attached hydrogens (primary N) is 2. The second-order valence-electron chi connectivity index (χ2n) is 7.30. The van der Waals surface area contributed by atoms with Crippen molar-refractivity contribution in [1.29, 1.82) is 0 Å². The highest BCUT2D eigenvalue weighted by atomic mass is 35.5. The zero-order valence-electron chi connectivity index (χ0n) is 17.2. The molecule has 3 heterocycles. The zero-order chi connectivity index (χ0) is 20.8. The second kappa shape index (κ2) is 10.9. The highest BCUT2D eigenvalue weighted by Crippen LogP contribution is 2.38. The smallest absolute Gasteiger partial charge is 0.220 e. The molecule has 0 aliphatic rings. The van der Waals surface area contributed by atoms with Crippen molar-refractivity contribution >= 4 is 76.2 Å². The highest BCUT2D eigenvalue weighted by molar-refractivity contribution is 7.19. The topological polar surface area (TPSA) is 111 Å². The summed E-state index contributed by atoms with van der Waals surface area (Å²) in [5, 5.41) is 11.8. The van der Waals surface area contributed by atoms with Crippen molar-refractivity contribution in [3.8, 4) is 11.3 Å². The van der Waals surface area contributed by atoms with Crippen LogP contribution in [0.25, 0.3) is 21.3 Å². The minimum atomic E-state index is -0.946. The Balaban J connectivity index is 0.00000171. The molecular formula is C21H23Cl4N5OS. The molecule has 0 amide bonds. The minimum Gasteiger partial charge on any atom is -0.386 e. The van der Waals surface area contributed by atoms with Gasteiger partial charge in [-0.05, 0) is 43.0 Å². The van der Waals surface area contributed by atoms with Gasteiger partial charge < -0.3 is 16.6 Å². The third-order valence-corrected chi connectivity index (χ3v) is 6.25. The van der Waals surface area contributed by atoms with Crippen LogP contribution in [0.5, 0.6) is 0 Å². The van der Waals surface area contributed by atoms with E-state index in [-0.39, 0.29) is 43.2 Å². The van der Waals surface area contributed by atoms with Crippen LogP contribution in [-0.4, -0.2) is 20.1 Å². The van der Waals surface area contributed by atoms with Crippen LogP contribution in [0.4, 0.5) is 5.95 Å². The maximum absolute atomic E-state index is 10.3. The van der Waals surface area contributed by atoms with Crippen LogP contribution < -0.4 is 11.5 Å². The normalized spacial score (nSPS) is 11.8. The Hall–Kier alpha value is -1.71. The standard InChI is InChI=1S/C21H20ClN5OS.3ClH/c1-21(2,28)12-6-7-25-15(9-12)13-5-3-4-11-8-16(29-19(11)13)17(23)18-14(22)10-26-20(24)27-18;;;/h3-10,17,28H,23H2,1-2H3,(H2,24,26,27);3*1H. The van der Waals surface area contributed by atoms with Crippen LogP contribution in [0.2, 0.25) is 5.02 Å². The molecule has 0 aliphatic carbocycles. The summed E-state index contributed by atoms with van der Waals surface area (Å²) in [4.78, 5) is 13.5. The number of thiophene rings is 1. The van der Waals surface area contributed by atoms with Gasteiger partial charge in [-0.3, -0.25) is 4.98 Å². The van der Waals surface area contributed by atoms with Crippen LogP contribution in [0.1, 0.15) is 36.0 Å². The number of aliphatic hydroxyl groups is 1. The van der Waals surface area contributed by atoms with Gasteiger partial charge in [-0.25, -0.2) is 9.97 Å². The van der Waals surface area contributed by atoms with E-state index in [1.807, 2.05) is 36.4 Å². The average molecular weight is 535 g/mol. The SMILES string of the molecule is CC(C)(O)c1ccnc(-c2cccc3cc(C(N)c4nc(N)ncc4Cl)sc23)c1.Cl.Cl.Cl. The molecule has 6 nitrogen and oxygen atoms in total. The van der Waals surface area contributed by atoms with E-state index in [1.54, 1.807) is 31.4 Å². The van der Waals surface area contributed by atoms with Gasteiger partial charge in [-0.15, -0.1) is 48.6 Å². The molecule has 0 aliphatic heterocycles. The molecule has 0 saturated heterocycles. The first-order valence-electron chi connectivity index (χ1n) is 8.99. The summed E-state index contributed by atoms with van der Waals surface area (Å²) in [6, 6.07) is 11.3. The Bertz CT molecular complexity index is 1210. The van der Waals surface area contributed by atoms with Crippen LogP contribution in [0.3, 0.4) is 0 Å². The summed E-state index contributed by atoms with van der Waals surface area (Å²) in [5.41, 5.74) is 14.3.